The van der Waals surface area contributed by atoms with Gasteiger partial charge in [-0.2, -0.15) is 0 Å². The maximum atomic E-state index is 13.6. The maximum Gasteiger partial charge on any atom is 0.431 e. The van der Waals surface area contributed by atoms with Crippen LogP contribution < -0.4 is 15.2 Å². The minimum Gasteiger partial charge on any atom is -0.436 e. The van der Waals surface area contributed by atoms with Crippen LogP contribution in [0.2, 0.25) is 0 Å². The summed E-state index contributed by atoms with van der Waals surface area (Å²) < 4.78 is 12.5. The molecule has 2 aliphatic rings. The number of amides is 2. The second kappa shape index (κ2) is 9.17. The molecule has 7 rings (SSSR count). The van der Waals surface area contributed by atoms with E-state index in [2.05, 4.69) is 10.3 Å². The lowest BCUT2D eigenvalue weighted by Crippen LogP contribution is -2.47. The summed E-state index contributed by atoms with van der Waals surface area (Å²) in [5.41, 5.74) is 3.29. The third kappa shape index (κ3) is 4.15. The number of rotatable bonds is 7. The lowest BCUT2D eigenvalue weighted by molar-refractivity contribution is -0.678. The molecule has 1 unspecified atom stereocenters. The van der Waals surface area contributed by atoms with Crippen molar-refractivity contribution in [1.82, 2.24) is 15.2 Å². The third-order valence-electron chi connectivity index (χ3n) is 7.29. The summed E-state index contributed by atoms with van der Waals surface area (Å²) in [6, 6.07) is 23.3. The molecule has 2 aromatic heterocycles. The zero-order valence-corrected chi connectivity index (χ0v) is 20.8. The van der Waals surface area contributed by atoms with Gasteiger partial charge in [0.05, 0.1) is 24.7 Å². The lowest BCUT2D eigenvalue weighted by Gasteiger charge is -2.25. The highest BCUT2D eigenvalue weighted by atomic mass is 16.5. The molecule has 1 N–H and O–H groups in total. The van der Waals surface area contributed by atoms with Crippen molar-refractivity contribution < 1.29 is 23.2 Å². The molecule has 5 aromatic rings. The van der Waals surface area contributed by atoms with E-state index in [9.17, 15) is 14.4 Å². The molecule has 0 spiro atoms. The Morgan fingerprint density at radius 1 is 0.949 bits per heavy atom. The van der Waals surface area contributed by atoms with Crippen LogP contribution in [-0.2, 0) is 16.1 Å². The summed E-state index contributed by atoms with van der Waals surface area (Å²) in [4.78, 5) is 47.1. The quantitative estimate of drug-likeness (QED) is 0.257. The number of imide groups is 1. The molecule has 1 saturated heterocycles. The summed E-state index contributed by atoms with van der Waals surface area (Å²) in [6.07, 6.45) is 1.85. The van der Waals surface area contributed by atoms with Crippen LogP contribution in [0.15, 0.2) is 92.6 Å². The smallest absolute Gasteiger partial charge is 0.431 e. The molecular weight excluding hydrogens is 498 g/mol. The fraction of sp³-hybridized carbons (Fsp3) is 0.207. The van der Waals surface area contributed by atoms with Gasteiger partial charge >= 0.3 is 11.3 Å². The fourth-order valence-corrected chi connectivity index (χ4v) is 5.18. The van der Waals surface area contributed by atoms with Gasteiger partial charge < -0.3 is 4.42 Å². The van der Waals surface area contributed by atoms with Crippen molar-refractivity contribution in [2.45, 2.75) is 37.9 Å². The molecule has 1 saturated carbocycles. The van der Waals surface area contributed by atoms with E-state index in [0.717, 1.165) is 29.6 Å². The summed E-state index contributed by atoms with van der Waals surface area (Å²) >= 11 is 0. The molecule has 1 aliphatic carbocycles. The van der Waals surface area contributed by atoms with E-state index in [1.54, 1.807) is 28.9 Å². The second-order valence-electron chi connectivity index (χ2n) is 9.82. The maximum absolute atomic E-state index is 13.6. The molecule has 3 aromatic carbocycles. The minimum absolute atomic E-state index is 0.0449. The first-order chi connectivity index (χ1) is 19.1. The lowest BCUT2D eigenvalue weighted by atomic mass is 10.2. The van der Waals surface area contributed by atoms with Crippen LogP contribution in [0.25, 0.3) is 28.2 Å². The van der Waals surface area contributed by atoms with Crippen molar-refractivity contribution in [2.24, 2.45) is 0 Å². The predicted octanol–water partition coefficient (Wildman–Crippen LogP) is 3.35. The van der Waals surface area contributed by atoms with Gasteiger partial charge in [0.25, 0.3) is 5.91 Å². The van der Waals surface area contributed by atoms with Gasteiger partial charge in [-0.15, -0.1) is 0 Å². The largest absolute Gasteiger partial charge is 0.436 e. The van der Waals surface area contributed by atoms with Crippen LogP contribution in [0, 0.1) is 0 Å². The van der Waals surface area contributed by atoms with Crippen LogP contribution in [0.1, 0.15) is 25.0 Å². The highest BCUT2D eigenvalue weighted by Crippen LogP contribution is 2.35. The number of nitrogens with zero attached hydrogens (tertiary/aromatic N) is 4. The predicted molar refractivity (Wildman–Crippen MR) is 140 cm³/mol. The zero-order chi connectivity index (χ0) is 26.5. The number of hydrogen-bond donors (Lipinski definition) is 1. The van der Waals surface area contributed by atoms with Crippen LogP contribution in [0.5, 0.6) is 0 Å². The Morgan fingerprint density at radius 2 is 1.69 bits per heavy atom. The van der Waals surface area contributed by atoms with Crippen LogP contribution >= 0.6 is 0 Å². The van der Waals surface area contributed by atoms with Crippen LogP contribution in [0.4, 0.5) is 5.69 Å². The number of nitrogens with one attached hydrogen (secondary N) is 1. The third-order valence-corrected chi connectivity index (χ3v) is 7.29. The molecule has 10 heteroatoms. The minimum atomic E-state index is -0.666. The number of anilines is 1. The molecule has 10 nitrogen and oxygen atoms in total. The van der Waals surface area contributed by atoms with Gasteiger partial charge in [-0.1, -0.05) is 30.3 Å². The number of carbonyl (C=O) groups is 2. The highest BCUT2D eigenvalue weighted by molar-refractivity contribution is 6.22. The topological polar surface area (TPSA) is 117 Å². The average molecular weight is 523 g/mol. The average Bonchev–Trinajstić information content (AvgIpc) is 3.50. The number of hydrogen-bond acceptors (Lipinski definition) is 7. The first-order valence-electron chi connectivity index (χ1n) is 12.8. The van der Waals surface area contributed by atoms with Gasteiger partial charge in [0.1, 0.15) is 5.52 Å². The van der Waals surface area contributed by atoms with Gasteiger partial charge in [-0.3, -0.25) is 19.0 Å². The van der Waals surface area contributed by atoms with E-state index in [1.807, 2.05) is 59.5 Å². The second-order valence-corrected chi connectivity index (χ2v) is 9.82. The summed E-state index contributed by atoms with van der Waals surface area (Å²) in [5, 5.41) is 2.65. The zero-order valence-electron chi connectivity index (χ0n) is 20.8. The first-order valence-corrected chi connectivity index (χ1v) is 12.8. The molecule has 2 fully saturated rings. The molecule has 0 bridgehead atoms. The normalized spacial score (nSPS) is 17.6. The van der Waals surface area contributed by atoms with Gasteiger partial charge in [-0.05, 0) is 59.2 Å². The standard InChI is InChI=1S/C29H23N5O5/c35-26-16-23(32(19-14-15-19)17-24-29(37)39-31-34(24)21-6-2-1-3-7-21)28(36)33(26)20-12-10-18(11-13-20)27-30-22-8-4-5-9-25(22)38-27/h1-13,19,23H,14-17H2/p+1. The van der Waals surface area contributed by atoms with E-state index in [-0.39, 0.29) is 30.8 Å². The molecule has 1 aliphatic heterocycles. The number of aromatic nitrogens is 3. The van der Waals surface area contributed by atoms with Gasteiger partial charge in [0.15, 0.2) is 5.58 Å². The Morgan fingerprint density at radius 3 is 2.44 bits per heavy atom. The molecular formula is C29H24N5O5+. The highest BCUT2D eigenvalue weighted by Gasteiger charge is 2.48. The molecule has 0 radical (unpaired) electrons. The van der Waals surface area contributed by atoms with E-state index < -0.39 is 11.7 Å². The Kier molecular flexibility index (Phi) is 5.48. The summed E-state index contributed by atoms with van der Waals surface area (Å²) in [7, 11) is 0. The van der Waals surface area contributed by atoms with Crippen molar-refractivity contribution in [3.63, 3.8) is 0 Å². The number of fused-ring (bicyclic) bond motifs is 1. The Balaban J connectivity index is 1.15. The molecule has 39 heavy (non-hydrogen) atoms. The number of para-hydroxylation sites is 3. The van der Waals surface area contributed by atoms with E-state index in [0.29, 0.717) is 22.9 Å². The van der Waals surface area contributed by atoms with Crippen molar-refractivity contribution >= 4 is 28.6 Å². The van der Waals surface area contributed by atoms with E-state index in [1.165, 1.54) is 4.90 Å². The fourth-order valence-electron chi connectivity index (χ4n) is 5.18. The summed E-state index contributed by atoms with van der Waals surface area (Å²) in [6.45, 7) is 0.180. The van der Waals surface area contributed by atoms with Crippen molar-refractivity contribution in [3.8, 4) is 17.1 Å². The van der Waals surface area contributed by atoms with Gasteiger partial charge in [0.2, 0.25) is 17.5 Å². The Hall–Kier alpha value is -4.83. The Bertz CT molecular complexity index is 1720. The number of oxazole rings is 1. The van der Waals surface area contributed by atoms with Crippen LogP contribution in [-0.4, -0.2) is 39.1 Å². The Labute approximate surface area is 222 Å². The molecule has 3 heterocycles. The molecule has 1 atom stereocenters. The number of H-pyrrole nitrogens is 1. The number of benzene rings is 3. The van der Waals surface area contributed by atoms with Crippen LogP contribution in [0.3, 0.4) is 0 Å². The van der Waals surface area contributed by atoms with Crippen molar-refractivity contribution in [2.75, 3.05) is 4.90 Å². The molecule has 194 valence electrons. The first kappa shape index (κ1) is 23.3. The number of carbonyl (C=O) groups excluding carboxylic acids is 2. The van der Waals surface area contributed by atoms with E-state index in [4.69, 9.17) is 8.94 Å². The van der Waals surface area contributed by atoms with E-state index >= 15 is 0 Å². The number of aromatic amines is 1. The molecule has 2 amide bonds. The van der Waals surface area contributed by atoms with Crippen molar-refractivity contribution in [1.29, 1.82) is 0 Å². The monoisotopic (exact) mass is 522 g/mol. The summed E-state index contributed by atoms with van der Waals surface area (Å²) in [5.74, 6) is -0.105. The van der Waals surface area contributed by atoms with Gasteiger partial charge in [-0.25, -0.2) is 14.7 Å². The SMILES string of the molecule is O=C1CC(N(Cc2c(=O)o[nH][n+]2-c2ccccc2)C2CC2)C(=O)N1c1ccc(-c2nc3ccccc3o2)cc1. The van der Waals surface area contributed by atoms with Crippen molar-refractivity contribution in [3.05, 3.63) is 95.0 Å². The van der Waals surface area contributed by atoms with Gasteiger partial charge in [0, 0.05) is 23.7 Å².